The fraction of sp³-hybridized carbons (Fsp3) is 0.778. The zero-order valence-electron chi connectivity index (χ0n) is 7.96. The van der Waals surface area contributed by atoms with Gasteiger partial charge in [0.2, 0.25) is 5.91 Å². The van der Waals surface area contributed by atoms with E-state index in [2.05, 4.69) is 5.32 Å². The zero-order chi connectivity index (χ0) is 10.6. The van der Waals surface area contributed by atoms with Crippen LogP contribution in [0.1, 0.15) is 19.3 Å². The minimum atomic E-state index is -0.513. The van der Waals surface area contributed by atoms with Crippen molar-refractivity contribution in [2.75, 3.05) is 12.4 Å². The van der Waals surface area contributed by atoms with Crippen molar-refractivity contribution in [3.63, 3.8) is 0 Å². The second-order valence-corrected chi connectivity index (χ2v) is 3.83. The van der Waals surface area contributed by atoms with Gasteiger partial charge in [0.25, 0.3) is 0 Å². The van der Waals surface area contributed by atoms with Gasteiger partial charge in [-0.3, -0.25) is 9.59 Å². The van der Waals surface area contributed by atoms with Gasteiger partial charge in [-0.05, 0) is 19.3 Å². The molecule has 0 unspecified atom stereocenters. The van der Waals surface area contributed by atoms with Gasteiger partial charge in [0.15, 0.2) is 5.78 Å². The Balaban J connectivity index is 2.26. The summed E-state index contributed by atoms with van der Waals surface area (Å²) in [6.45, 7) is 0.738. The standard InChI is InChI=1S/C9H15ClN2O2/c10-5-8(13)7(11)2-1-6-3-4-12-9(6)14/h6-7H,1-5,11H2,(H,12,14)/t6-,7+/m1/s1. The average Bonchev–Trinajstić information content (AvgIpc) is 2.59. The van der Waals surface area contributed by atoms with Crippen molar-refractivity contribution in [1.82, 2.24) is 5.32 Å². The first kappa shape index (κ1) is 11.5. The molecule has 0 aromatic rings. The molecule has 3 N–H and O–H groups in total. The van der Waals surface area contributed by atoms with E-state index in [9.17, 15) is 9.59 Å². The number of hydrogen-bond acceptors (Lipinski definition) is 3. The second-order valence-electron chi connectivity index (χ2n) is 3.56. The molecule has 0 bridgehead atoms. The van der Waals surface area contributed by atoms with E-state index in [0.29, 0.717) is 12.8 Å². The molecule has 2 atom stereocenters. The Kier molecular flexibility index (Phi) is 4.35. The number of carbonyl (C=O) groups excluding carboxylic acids is 2. The first-order valence-corrected chi connectivity index (χ1v) is 5.30. The lowest BCUT2D eigenvalue weighted by Crippen LogP contribution is -2.32. The molecule has 4 nitrogen and oxygen atoms in total. The Morgan fingerprint density at radius 3 is 2.93 bits per heavy atom. The van der Waals surface area contributed by atoms with Crippen molar-refractivity contribution in [3.05, 3.63) is 0 Å². The van der Waals surface area contributed by atoms with Crippen molar-refractivity contribution >= 4 is 23.3 Å². The van der Waals surface area contributed by atoms with Gasteiger partial charge < -0.3 is 11.1 Å². The third-order valence-corrected chi connectivity index (χ3v) is 2.80. The highest BCUT2D eigenvalue weighted by Crippen LogP contribution is 2.16. The first-order chi connectivity index (χ1) is 6.65. The molecule has 1 heterocycles. The van der Waals surface area contributed by atoms with Gasteiger partial charge in [0.1, 0.15) is 0 Å². The van der Waals surface area contributed by atoms with Crippen LogP contribution in [0.15, 0.2) is 0 Å². The normalized spacial score (nSPS) is 23.3. The van der Waals surface area contributed by atoms with Crippen molar-refractivity contribution in [2.45, 2.75) is 25.3 Å². The number of alkyl halides is 1. The van der Waals surface area contributed by atoms with E-state index >= 15 is 0 Å². The lowest BCUT2D eigenvalue weighted by atomic mass is 9.97. The molecule has 0 spiro atoms. The summed E-state index contributed by atoms with van der Waals surface area (Å²) in [5.74, 6) is -0.0809. The molecule has 1 fully saturated rings. The summed E-state index contributed by atoms with van der Waals surface area (Å²) in [6.07, 6.45) is 2.07. The third-order valence-electron chi connectivity index (χ3n) is 2.53. The molecule has 0 radical (unpaired) electrons. The quantitative estimate of drug-likeness (QED) is 0.640. The van der Waals surface area contributed by atoms with E-state index < -0.39 is 6.04 Å². The van der Waals surface area contributed by atoms with Gasteiger partial charge in [0.05, 0.1) is 11.9 Å². The van der Waals surface area contributed by atoms with Crippen LogP contribution >= 0.6 is 11.6 Å². The van der Waals surface area contributed by atoms with Crippen LogP contribution in [0, 0.1) is 5.92 Å². The van der Waals surface area contributed by atoms with Gasteiger partial charge in [-0.15, -0.1) is 11.6 Å². The Morgan fingerprint density at radius 2 is 2.43 bits per heavy atom. The number of nitrogens with two attached hydrogens (primary N) is 1. The minimum absolute atomic E-state index is 0.0316. The molecule has 14 heavy (non-hydrogen) atoms. The van der Waals surface area contributed by atoms with Gasteiger partial charge in [-0.2, -0.15) is 0 Å². The fourth-order valence-corrected chi connectivity index (χ4v) is 1.76. The second kappa shape index (κ2) is 5.32. The summed E-state index contributed by atoms with van der Waals surface area (Å²) in [5.41, 5.74) is 5.59. The molecular formula is C9H15ClN2O2. The lowest BCUT2D eigenvalue weighted by Gasteiger charge is -2.10. The van der Waals surface area contributed by atoms with Gasteiger partial charge in [-0.1, -0.05) is 0 Å². The summed E-state index contributed by atoms with van der Waals surface area (Å²) < 4.78 is 0. The van der Waals surface area contributed by atoms with Crippen LogP contribution in [0.5, 0.6) is 0 Å². The highest BCUT2D eigenvalue weighted by Gasteiger charge is 2.25. The number of rotatable bonds is 5. The van der Waals surface area contributed by atoms with Gasteiger partial charge >= 0.3 is 0 Å². The van der Waals surface area contributed by atoms with Crippen LogP contribution in [0.3, 0.4) is 0 Å². The molecular weight excluding hydrogens is 204 g/mol. The average molecular weight is 219 g/mol. The molecule has 1 rings (SSSR count). The van der Waals surface area contributed by atoms with E-state index in [1.54, 1.807) is 0 Å². The number of Topliss-reactive ketones (excluding diaryl/α,β-unsaturated/α-hetero) is 1. The summed E-state index contributed by atoms with van der Waals surface area (Å²) in [5, 5.41) is 2.75. The lowest BCUT2D eigenvalue weighted by molar-refractivity contribution is -0.123. The highest BCUT2D eigenvalue weighted by atomic mass is 35.5. The van der Waals surface area contributed by atoms with E-state index in [4.69, 9.17) is 17.3 Å². The largest absolute Gasteiger partial charge is 0.356 e. The molecule has 1 aliphatic heterocycles. The monoisotopic (exact) mass is 218 g/mol. The predicted molar refractivity (Wildman–Crippen MR) is 54.1 cm³/mol. The van der Waals surface area contributed by atoms with E-state index in [0.717, 1.165) is 13.0 Å². The summed E-state index contributed by atoms with van der Waals surface area (Å²) in [6, 6.07) is -0.513. The Labute approximate surface area is 88.2 Å². The fourth-order valence-electron chi connectivity index (χ4n) is 1.56. The summed E-state index contributed by atoms with van der Waals surface area (Å²) >= 11 is 5.36. The molecule has 5 heteroatoms. The maximum absolute atomic E-state index is 11.2. The minimum Gasteiger partial charge on any atom is -0.356 e. The number of ketones is 1. The van der Waals surface area contributed by atoms with Crippen LogP contribution in [-0.2, 0) is 9.59 Å². The van der Waals surface area contributed by atoms with Crippen LogP contribution in [0.2, 0.25) is 0 Å². The summed E-state index contributed by atoms with van der Waals surface area (Å²) in [7, 11) is 0. The van der Waals surface area contributed by atoms with Crippen molar-refractivity contribution < 1.29 is 9.59 Å². The van der Waals surface area contributed by atoms with E-state index in [1.165, 1.54) is 0 Å². The number of halogens is 1. The number of hydrogen-bond donors (Lipinski definition) is 2. The zero-order valence-corrected chi connectivity index (χ0v) is 8.72. The molecule has 0 aromatic heterocycles. The molecule has 1 saturated heterocycles. The molecule has 80 valence electrons. The maximum Gasteiger partial charge on any atom is 0.223 e. The Morgan fingerprint density at radius 1 is 1.71 bits per heavy atom. The van der Waals surface area contributed by atoms with Gasteiger partial charge in [0, 0.05) is 12.5 Å². The van der Waals surface area contributed by atoms with Crippen molar-refractivity contribution in [3.8, 4) is 0 Å². The van der Waals surface area contributed by atoms with E-state index in [1.807, 2.05) is 0 Å². The van der Waals surface area contributed by atoms with Gasteiger partial charge in [-0.25, -0.2) is 0 Å². The van der Waals surface area contributed by atoms with Crippen LogP contribution in [0.4, 0.5) is 0 Å². The van der Waals surface area contributed by atoms with Crippen molar-refractivity contribution in [1.29, 1.82) is 0 Å². The molecule has 0 aliphatic carbocycles. The number of carbonyl (C=O) groups is 2. The van der Waals surface area contributed by atoms with Crippen LogP contribution < -0.4 is 11.1 Å². The van der Waals surface area contributed by atoms with Crippen molar-refractivity contribution in [2.24, 2.45) is 11.7 Å². The highest BCUT2D eigenvalue weighted by molar-refractivity contribution is 6.28. The molecule has 0 saturated carbocycles. The molecule has 0 aromatic carbocycles. The Bertz CT molecular complexity index is 233. The maximum atomic E-state index is 11.2. The Hall–Kier alpha value is -0.610. The molecule has 1 amide bonds. The first-order valence-electron chi connectivity index (χ1n) is 4.77. The number of amides is 1. The SMILES string of the molecule is N[C@@H](CC[C@@H]1CCNC1=O)C(=O)CCl. The van der Waals surface area contributed by atoms with Crippen LogP contribution in [0.25, 0.3) is 0 Å². The third kappa shape index (κ3) is 2.96. The van der Waals surface area contributed by atoms with E-state index in [-0.39, 0.29) is 23.5 Å². The number of nitrogens with one attached hydrogen (secondary N) is 1. The van der Waals surface area contributed by atoms with Crippen LogP contribution in [-0.4, -0.2) is 30.2 Å². The predicted octanol–water partition coefficient (Wildman–Crippen LogP) is 0.0379. The topological polar surface area (TPSA) is 72.2 Å². The smallest absolute Gasteiger partial charge is 0.223 e. The molecule has 1 aliphatic rings. The summed E-state index contributed by atoms with van der Waals surface area (Å²) in [4.78, 5) is 22.2.